The zero-order chi connectivity index (χ0) is 32.5. The van der Waals surface area contributed by atoms with Crippen molar-refractivity contribution >= 4 is 54.7 Å². The molecule has 4 aromatic rings. The average Bonchev–Trinajstić information content (AvgIpc) is 3.37. The smallest absolute Gasteiger partial charge is 0.319 e. The van der Waals surface area contributed by atoms with Crippen LogP contribution < -0.4 is 15.4 Å². The minimum Gasteiger partial charge on any atom is -0.462 e. The molecule has 9 nitrogen and oxygen atoms in total. The Morgan fingerprint density at radius 1 is 1.28 bits per heavy atom. The van der Waals surface area contributed by atoms with Crippen molar-refractivity contribution in [2.75, 3.05) is 44.4 Å². The number of carbonyl (C=O) groups is 1. The molecule has 46 heavy (non-hydrogen) atoms. The molecule has 2 N–H and O–H groups in total. The first-order valence-corrected chi connectivity index (χ1v) is 16.2. The number of likely N-dealkylation sites (N-methyl/N-ethyl adjacent to an activating group) is 2. The molecule has 2 saturated heterocycles. The summed E-state index contributed by atoms with van der Waals surface area (Å²) in [6.45, 7) is 15.3. The second kappa shape index (κ2) is 11.2. The van der Waals surface area contributed by atoms with Gasteiger partial charge in [0.15, 0.2) is 5.82 Å². The molecule has 7 rings (SSSR count). The van der Waals surface area contributed by atoms with Gasteiger partial charge in [-0.05, 0) is 68.8 Å². The molecule has 2 aliphatic heterocycles. The van der Waals surface area contributed by atoms with Crippen molar-refractivity contribution in [1.29, 1.82) is 0 Å². The number of halogens is 2. The third kappa shape index (κ3) is 4.84. The van der Waals surface area contributed by atoms with E-state index in [1.54, 1.807) is 17.0 Å². The van der Waals surface area contributed by atoms with E-state index < -0.39 is 11.6 Å². The van der Waals surface area contributed by atoms with Crippen LogP contribution in [0.15, 0.2) is 36.9 Å². The third-order valence-corrected chi connectivity index (χ3v) is 11.2. The summed E-state index contributed by atoms with van der Waals surface area (Å²) in [6.07, 6.45) is 5.52. The van der Waals surface area contributed by atoms with Gasteiger partial charge in [0.2, 0.25) is 11.6 Å². The van der Waals surface area contributed by atoms with Gasteiger partial charge in [-0.2, -0.15) is 9.97 Å². The van der Waals surface area contributed by atoms with E-state index >= 15 is 4.39 Å². The molecule has 1 aliphatic carbocycles. The molecular formula is C34H35F2N7O2S. The molecule has 3 atom stereocenters. The van der Waals surface area contributed by atoms with Crippen LogP contribution in [0, 0.1) is 23.6 Å². The number of nitrogens with zero attached hydrogens (tertiary/aromatic N) is 6. The summed E-state index contributed by atoms with van der Waals surface area (Å²) in [6, 6.07) is 6.13. The quantitative estimate of drug-likeness (QED) is 0.184. The topological polar surface area (TPSA) is 92.2 Å². The molecule has 0 unspecified atom stereocenters. The van der Waals surface area contributed by atoms with E-state index in [1.165, 1.54) is 31.1 Å². The maximum absolute atomic E-state index is 16.8. The first-order chi connectivity index (χ1) is 22.1. The highest BCUT2D eigenvalue weighted by molar-refractivity contribution is 7.23. The summed E-state index contributed by atoms with van der Waals surface area (Å²) < 4.78 is 38.0. The first kappa shape index (κ1) is 30.3. The third-order valence-electron chi connectivity index (χ3n) is 10.2. The normalized spacial score (nSPS) is 22.1. The fourth-order valence-corrected chi connectivity index (χ4v) is 8.42. The molecule has 1 amide bonds. The summed E-state index contributed by atoms with van der Waals surface area (Å²) in [5.41, 5.74) is 7.14. The van der Waals surface area contributed by atoms with Gasteiger partial charge in [0.1, 0.15) is 23.8 Å². The fraction of sp³-hybridized carbons (Fsp3) is 0.412. The standard InChI is InChI=1S/C34H35F2N7O2S/c1-6-25(44)43-14-11-24(18(43)2)42(5)32-22-8-7-21(20-9-10-23(35)30-26(20)29(38-3)31(37)46-30)27(36)28(22)39-33(40-32)45-16-19-15-34(12-13-34)17-41(19)4/h6-10,18-19,24H,1,11-17,37H2,2,4-5H3/t18-,19-,24-/m0/s1. The summed E-state index contributed by atoms with van der Waals surface area (Å²) in [5, 5.41) is 0.933. The molecule has 238 valence electrons. The maximum Gasteiger partial charge on any atom is 0.319 e. The Hall–Kier alpha value is -4.34. The predicted octanol–water partition coefficient (Wildman–Crippen LogP) is 6.40. The number of aromatic nitrogens is 2. The van der Waals surface area contributed by atoms with E-state index in [0.717, 1.165) is 24.3 Å². The van der Waals surface area contributed by atoms with Crippen LogP contribution in [-0.2, 0) is 4.79 Å². The number of carbonyl (C=O) groups excluding carboxylic acids is 1. The van der Waals surface area contributed by atoms with Crippen LogP contribution in [0.25, 0.3) is 37.0 Å². The number of rotatable bonds is 7. The molecule has 2 aromatic heterocycles. The van der Waals surface area contributed by atoms with Gasteiger partial charge in [-0.15, -0.1) is 11.3 Å². The van der Waals surface area contributed by atoms with Crippen LogP contribution in [0.5, 0.6) is 6.01 Å². The molecule has 0 bridgehead atoms. The SMILES string of the molecule is [C-]#[N+]c1c(N)sc2c(F)ccc(-c3ccc4c(N(C)[C@H]5CCN(C(=O)C=C)[C@H]5C)nc(OC[C@@H]5CC6(CC6)CN5C)nc4c3F)c12. The zero-order valence-electron chi connectivity index (χ0n) is 26.0. The minimum absolute atomic E-state index is 0.0532. The van der Waals surface area contributed by atoms with E-state index in [4.69, 9.17) is 22.0 Å². The monoisotopic (exact) mass is 643 g/mol. The molecule has 3 fully saturated rings. The van der Waals surface area contributed by atoms with E-state index in [2.05, 4.69) is 28.4 Å². The van der Waals surface area contributed by atoms with E-state index in [1.807, 2.05) is 18.9 Å². The largest absolute Gasteiger partial charge is 0.462 e. The van der Waals surface area contributed by atoms with Crippen molar-refractivity contribution in [3.8, 4) is 17.1 Å². The highest BCUT2D eigenvalue weighted by Gasteiger charge is 2.51. The van der Waals surface area contributed by atoms with Crippen LogP contribution in [0.4, 0.5) is 25.3 Å². The number of anilines is 2. The lowest BCUT2D eigenvalue weighted by Crippen LogP contribution is -2.43. The van der Waals surface area contributed by atoms with Gasteiger partial charge in [0, 0.05) is 48.6 Å². The van der Waals surface area contributed by atoms with Gasteiger partial charge >= 0.3 is 6.01 Å². The number of benzene rings is 2. The van der Waals surface area contributed by atoms with Crippen LogP contribution >= 0.6 is 11.3 Å². The van der Waals surface area contributed by atoms with Crippen molar-refractivity contribution in [2.45, 2.75) is 50.7 Å². The number of likely N-dealkylation sites (tertiary alicyclic amines) is 2. The minimum atomic E-state index is -0.633. The number of ether oxygens (including phenoxy) is 1. The highest BCUT2D eigenvalue weighted by Crippen LogP contribution is 2.54. The lowest BCUT2D eigenvalue weighted by Gasteiger charge is -2.32. The van der Waals surface area contributed by atoms with Gasteiger partial charge in [-0.25, -0.2) is 13.6 Å². The zero-order valence-corrected chi connectivity index (χ0v) is 26.8. The lowest BCUT2D eigenvalue weighted by atomic mass is 9.98. The number of thiophene rings is 1. The number of hydrogen-bond donors (Lipinski definition) is 1. The molecule has 0 radical (unpaired) electrons. The van der Waals surface area contributed by atoms with Crippen molar-refractivity contribution < 1.29 is 18.3 Å². The van der Waals surface area contributed by atoms with E-state index in [-0.39, 0.29) is 61.9 Å². The predicted molar refractivity (Wildman–Crippen MR) is 177 cm³/mol. The van der Waals surface area contributed by atoms with Crippen LogP contribution in [-0.4, -0.2) is 77.6 Å². The highest BCUT2D eigenvalue weighted by atomic mass is 32.1. The van der Waals surface area contributed by atoms with Gasteiger partial charge in [-0.3, -0.25) is 9.69 Å². The summed E-state index contributed by atoms with van der Waals surface area (Å²) in [4.78, 5) is 31.5. The van der Waals surface area contributed by atoms with E-state index in [9.17, 15) is 9.18 Å². The van der Waals surface area contributed by atoms with Gasteiger partial charge in [0.05, 0.1) is 22.3 Å². The summed E-state index contributed by atoms with van der Waals surface area (Å²) >= 11 is 0.974. The van der Waals surface area contributed by atoms with Crippen molar-refractivity contribution in [3.63, 3.8) is 0 Å². The first-order valence-electron chi connectivity index (χ1n) is 15.4. The second-order valence-electron chi connectivity index (χ2n) is 12.9. The molecule has 1 saturated carbocycles. The van der Waals surface area contributed by atoms with Crippen LogP contribution in [0.1, 0.15) is 32.6 Å². The molecule has 2 aromatic carbocycles. The Morgan fingerprint density at radius 3 is 2.74 bits per heavy atom. The fourth-order valence-electron chi connectivity index (χ4n) is 7.48. The molecule has 12 heteroatoms. The number of nitrogens with two attached hydrogens (primary N) is 1. The Morgan fingerprint density at radius 2 is 2.04 bits per heavy atom. The van der Waals surface area contributed by atoms with Gasteiger partial charge in [0.25, 0.3) is 0 Å². The van der Waals surface area contributed by atoms with Crippen LogP contribution in [0.2, 0.25) is 0 Å². The molecular weight excluding hydrogens is 608 g/mol. The molecule has 4 heterocycles. The lowest BCUT2D eigenvalue weighted by molar-refractivity contribution is -0.126. The Kier molecular flexibility index (Phi) is 7.36. The van der Waals surface area contributed by atoms with E-state index in [0.29, 0.717) is 41.8 Å². The maximum atomic E-state index is 16.8. The Bertz CT molecular complexity index is 1950. The Balaban J connectivity index is 1.33. The number of nitrogen functional groups attached to an aromatic ring is 1. The number of fused-ring (bicyclic) bond motifs is 2. The van der Waals surface area contributed by atoms with Crippen LogP contribution in [0.3, 0.4) is 0 Å². The average molecular weight is 644 g/mol. The number of amides is 1. The summed E-state index contributed by atoms with van der Waals surface area (Å²) in [7, 11) is 3.99. The Labute approximate surface area is 270 Å². The number of hydrogen-bond acceptors (Lipinski definition) is 8. The molecule has 1 spiro atoms. The van der Waals surface area contributed by atoms with Crippen molar-refractivity contribution in [2.24, 2.45) is 5.41 Å². The second-order valence-corrected chi connectivity index (χ2v) is 14.0. The van der Waals surface area contributed by atoms with Gasteiger partial charge in [-0.1, -0.05) is 18.7 Å². The summed E-state index contributed by atoms with van der Waals surface area (Å²) in [5.74, 6) is -0.804. The molecule has 3 aliphatic rings. The van der Waals surface area contributed by atoms with Crippen molar-refractivity contribution in [3.05, 3.63) is 60.0 Å². The van der Waals surface area contributed by atoms with Gasteiger partial charge < -0.3 is 20.3 Å². The van der Waals surface area contributed by atoms with Crippen molar-refractivity contribution in [1.82, 2.24) is 19.8 Å².